The summed E-state index contributed by atoms with van der Waals surface area (Å²) in [6, 6.07) is 51.5. The Kier molecular flexibility index (Phi) is 5.00. The van der Waals surface area contributed by atoms with Crippen LogP contribution in [0.3, 0.4) is 0 Å². The second kappa shape index (κ2) is 9.22. The van der Waals surface area contributed by atoms with Gasteiger partial charge in [-0.25, -0.2) is 0 Å². The Labute approximate surface area is 259 Å². The minimum atomic E-state index is 0.905. The Morgan fingerprint density at radius 1 is 0.333 bits per heavy atom. The van der Waals surface area contributed by atoms with Crippen LogP contribution in [0.1, 0.15) is 0 Å². The number of benzene rings is 7. The maximum absolute atomic E-state index is 6.22. The van der Waals surface area contributed by atoms with E-state index in [1.54, 1.807) is 0 Å². The van der Waals surface area contributed by atoms with E-state index >= 15 is 0 Å². The highest BCUT2D eigenvalue weighted by Gasteiger charge is 2.22. The first kappa shape index (κ1) is 24.4. The van der Waals surface area contributed by atoms with Crippen molar-refractivity contribution in [3.8, 4) is 44.5 Å². The standard InChI is InChI=1S/C42H25NO2/c1-2-10-30-29(9-1)33-23-25(27-13-7-17-39-41(27)31-11-3-5-15-37(31)44-39)19-21-35(33)43-36-22-20-26(24-34(30)36)28-14-8-18-40-42(28)32-12-4-6-16-38(32)45-40/h1-24,43H. The van der Waals surface area contributed by atoms with Crippen LogP contribution in [0.25, 0.3) is 88.4 Å². The van der Waals surface area contributed by atoms with Crippen LogP contribution in [-0.2, 0) is 0 Å². The van der Waals surface area contributed by atoms with Gasteiger partial charge in [0.25, 0.3) is 0 Å². The van der Waals surface area contributed by atoms with E-state index in [-0.39, 0.29) is 0 Å². The van der Waals surface area contributed by atoms with E-state index in [1.165, 1.54) is 33.4 Å². The van der Waals surface area contributed by atoms with Crippen LogP contribution in [0.4, 0.5) is 11.4 Å². The predicted octanol–water partition coefficient (Wildman–Crippen LogP) is 12.2. The van der Waals surface area contributed by atoms with Crippen molar-refractivity contribution in [2.45, 2.75) is 0 Å². The van der Waals surface area contributed by atoms with Crippen molar-refractivity contribution in [1.82, 2.24) is 0 Å². The Hall–Kier alpha value is -6.06. The molecule has 0 radical (unpaired) electrons. The number of para-hydroxylation sites is 2. The lowest BCUT2D eigenvalue weighted by atomic mass is 9.90. The molecule has 2 aromatic heterocycles. The van der Waals surface area contributed by atoms with Crippen LogP contribution in [0, 0.1) is 0 Å². The zero-order valence-corrected chi connectivity index (χ0v) is 24.2. The number of nitrogens with one attached hydrogen (secondary N) is 1. The molecule has 45 heavy (non-hydrogen) atoms. The van der Waals surface area contributed by atoms with Crippen LogP contribution in [0.5, 0.6) is 0 Å². The zero-order valence-electron chi connectivity index (χ0n) is 24.2. The molecule has 0 fully saturated rings. The molecule has 3 heterocycles. The van der Waals surface area contributed by atoms with E-state index in [0.717, 1.165) is 66.4 Å². The van der Waals surface area contributed by atoms with Crippen LogP contribution in [-0.4, -0.2) is 0 Å². The Morgan fingerprint density at radius 2 is 0.756 bits per heavy atom. The summed E-state index contributed by atoms with van der Waals surface area (Å²) in [5, 5.41) is 8.37. The molecule has 9 aromatic rings. The molecule has 0 saturated heterocycles. The van der Waals surface area contributed by atoms with Crippen LogP contribution < -0.4 is 5.32 Å². The summed E-state index contributed by atoms with van der Waals surface area (Å²) in [5.41, 5.74) is 15.2. The molecule has 10 rings (SSSR count). The Morgan fingerprint density at radius 3 is 1.27 bits per heavy atom. The van der Waals surface area contributed by atoms with Crippen molar-refractivity contribution in [3.05, 3.63) is 146 Å². The summed E-state index contributed by atoms with van der Waals surface area (Å²) in [6.45, 7) is 0. The van der Waals surface area contributed by atoms with Gasteiger partial charge in [-0.3, -0.25) is 0 Å². The quantitative estimate of drug-likeness (QED) is 0.223. The fourth-order valence-corrected chi connectivity index (χ4v) is 7.22. The smallest absolute Gasteiger partial charge is 0.136 e. The van der Waals surface area contributed by atoms with Crippen LogP contribution >= 0.6 is 0 Å². The molecule has 0 unspecified atom stereocenters. The normalized spacial score (nSPS) is 12.2. The SMILES string of the molecule is c1ccc2c(c1)-c1cc(-c3cccc4oc5ccccc5c34)ccc1Nc1ccc(-c3cccc4oc5ccccc5c34)cc1-2. The van der Waals surface area contributed by atoms with E-state index in [0.29, 0.717) is 0 Å². The lowest BCUT2D eigenvalue weighted by Gasteiger charge is -2.13. The summed E-state index contributed by atoms with van der Waals surface area (Å²) >= 11 is 0. The first-order chi connectivity index (χ1) is 22.3. The van der Waals surface area contributed by atoms with Gasteiger partial charge in [-0.05, 0) is 81.9 Å². The number of hydrogen-bond acceptors (Lipinski definition) is 3. The highest BCUT2D eigenvalue weighted by Crippen LogP contribution is 2.48. The second-order valence-corrected chi connectivity index (χ2v) is 11.7. The van der Waals surface area contributed by atoms with Gasteiger partial charge in [0.15, 0.2) is 0 Å². The molecule has 7 aromatic carbocycles. The molecule has 0 spiro atoms. The summed E-state index contributed by atoms with van der Waals surface area (Å²) in [7, 11) is 0. The minimum absolute atomic E-state index is 0.905. The highest BCUT2D eigenvalue weighted by atomic mass is 16.3. The monoisotopic (exact) mass is 575 g/mol. The first-order valence-corrected chi connectivity index (χ1v) is 15.3. The van der Waals surface area contributed by atoms with Gasteiger partial charge in [0.2, 0.25) is 0 Å². The van der Waals surface area contributed by atoms with Gasteiger partial charge >= 0.3 is 0 Å². The molecule has 3 heteroatoms. The minimum Gasteiger partial charge on any atom is -0.456 e. The number of anilines is 2. The van der Waals surface area contributed by atoms with E-state index in [1.807, 2.05) is 24.3 Å². The highest BCUT2D eigenvalue weighted by molar-refractivity contribution is 6.14. The van der Waals surface area contributed by atoms with E-state index < -0.39 is 0 Å². The molecule has 0 amide bonds. The third-order valence-electron chi connectivity index (χ3n) is 9.24. The Bertz CT molecular complexity index is 2460. The molecular formula is C42H25NO2. The summed E-state index contributed by atoms with van der Waals surface area (Å²) in [5.74, 6) is 0. The van der Waals surface area contributed by atoms with Gasteiger partial charge in [-0.15, -0.1) is 0 Å². The van der Waals surface area contributed by atoms with Crippen LogP contribution in [0.15, 0.2) is 154 Å². The van der Waals surface area contributed by atoms with Crippen molar-refractivity contribution in [2.24, 2.45) is 0 Å². The molecule has 1 aliphatic heterocycles. The fourth-order valence-electron chi connectivity index (χ4n) is 7.22. The van der Waals surface area contributed by atoms with Crippen LogP contribution in [0.2, 0.25) is 0 Å². The average Bonchev–Trinajstić information content (AvgIpc) is 3.63. The molecule has 0 saturated carbocycles. The Balaban J connectivity index is 1.16. The lowest BCUT2D eigenvalue weighted by molar-refractivity contribution is 0.668. The third kappa shape index (κ3) is 3.58. The third-order valence-corrected chi connectivity index (χ3v) is 9.24. The van der Waals surface area contributed by atoms with Gasteiger partial charge in [0.1, 0.15) is 22.3 Å². The van der Waals surface area contributed by atoms with Crippen molar-refractivity contribution < 1.29 is 8.83 Å². The molecule has 0 aliphatic carbocycles. The van der Waals surface area contributed by atoms with E-state index in [9.17, 15) is 0 Å². The molecule has 3 nitrogen and oxygen atoms in total. The van der Waals surface area contributed by atoms with Crippen molar-refractivity contribution in [3.63, 3.8) is 0 Å². The number of fused-ring (bicyclic) bond motifs is 11. The summed E-state index contributed by atoms with van der Waals surface area (Å²) in [6.07, 6.45) is 0. The van der Waals surface area contributed by atoms with Crippen molar-refractivity contribution in [2.75, 3.05) is 5.32 Å². The largest absolute Gasteiger partial charge is 0.456 e. The summed E-state index contributed by atoms with van der Waals surface area (Å²) in [4.78, 5) is 0. The second-order valence-electron chi connectivity index (χ2n) is 11.7. The van der Waals surface area contributed by atoms with Gasteiger partial charge in [-0.1, -0.05) is 97.1 Å². The maximum Gasteiger partial charge on any atom is 0.136 e. The summed E-state index contributed by atoms with van der Waals surface area (Å²) < 4.78 is 12.4. The van der Waals surface area contributed by atoms with E-state index in [2.05, 4.69) is 127 Å². The molecule has 0 bridgehead atoms. The van der Waals surface area contributed by atoms with Crippen molar-refractivity contribution in [1.29, 1.82) is 0 Å². The lowest BCUT2D eigenvalue weighted by Crippen LogP contribution is -1.93. The molecule has 1 N–H and O–H groups in total. The predicted molar refractivity (Wildman–Crippen MR) is 186 cm³/mol. The topological polar surface area (TPSA) is 38.3 Å². The molecule has 210 valence electrons. The zero-order chi connectivity index (χ0) is 29.5. The molecular weight excluding hydrogens is 550 g/mol. The number of furan rings is 2. The average molecular weight is 576 g/mol. The van der Waals surface area contributed by atoms with Gasteiger partial charge in [0, 0.05) is 44.0 Å². The van der Waals surface area contributed by atoms with Crippen molar-refractivity contribution >= 4 is 55.3 Å². The van der Waals surface area contributed by atoms with Gasteiger partial charge < -0.3 is 14.2 Å². The van der Waals surface area contributed by atoms with Gasteiger partial charge in [-0.2, -0.15) is 0 Å². The molecule has 0 atom stereocenters. The number of rotatable bonds is 2. The molecule has 1 aliphatic rings. The van der Waals surface area contributed by atoms with Gasteiger partial charge in [0.05, 0.1) is 0 Å². The number of hydrogen-bond donors (Lipinski definition) is 1. The first-order valence-electron chi connectivity index (χ1n) is 15.3. The van der Waals surface area contributed by atoms with E-state index in [4.69, 9.17) is 8.83 Å². The fraction of sp³-hybridized carbons (Fsp3) is 0. The maximum atomic E-state index is 6.22.